The maximum Gasteiger partial charge on any atom is 0.258 e. The number of rotatable bonds is 2. The maximum atomic E-state index is 5.71. The molecule has 0 saturated heterocycles. The fraction of sp³-hybridized carbons (Fsp3) is 0.385. The highest BCUT2D eigenvalue weighted by Gasteiger charge is 2.33. The number of anilines is 1. The van der Waals surface area contributed by atoms with E-state index in [4.69, 9.17) is 14.2 Å². The lowest BCUT2D eigenvalue weighted by Crippen LogP contribution is -2.25. The van der Waals surface area contributed by atoms with Crippen molar-refractivity contribution in [3.8, 4) is 5.75 Å². The van der Waals surface area contributed by atoms with Crippen molar-refractivity contribution in [1.82, 2.24) is 4.90 Å². The van der Waals surface area contributed by atoms with Crippen molar-refractivity contribution in [2.24, 2.45) is 0 Å². The Labute approximate surface area is 106 Å². The molecule has 1 aromatic rings. The van der Waals surface area contributed by atoms with Gasteiger partial charge in [-0.2, -0.15) is 0 Å². The van der Waals surface area contributed by atoms with Gasteiger partial charge in [0.1, 0.15) is 25.6 Å². The van der Waals surface area contributed by atoms with E-state index >= 15 is 0 Å². The molecule has 2 aliphatic rings. The lowest BCUT2D eigenvalue weighted by atomic mass is 10.3. The predicted molar refractivity (Wildman–Crippen MR) is 67.0 cm³/mol. The first kappa shape index (κ1) is 11.1. The van der Waals surface area contributed by atoms with E-state index in [9.17, 15) is 0 Å². The topological polar surface area (TPSA) is 34.2 Å². The van der Waals surface area contributed by atoms with Crippen LogP contribution in [0.1, 0.15) is 0 Å². The fourth-order valence-corrected chi connectivity index (χ4v) is 2.18. The van der Waals surface area contributed by atoms with Crippen LogP contribution in [0.15, 0.2) is 36.0 Å². The monoisotopic (exact) mass is 248 g/mol. The van der Waals surface area contributed by atoms with Crippen LogP contribution >= 0.6 is 0 Å². The molecule has 0 aromatic heterocycles. The Morgan fingerprint density at radius 2 is 1.94 bits per heavy atom. The minimum Gasteiger partial charge on any atom is -0.497 e. The summed E-state index contributed by atoms with van der Waals surface area (Å²) in [4.78, 5) is 4.12. The van der Waals surface area contributed by atoms with E-state index < -0.39 is 0 Å². The average Bonchev–Trinajstić information content (AvgIpc) is 2.77. The third-order valence-corrected chi connectivity index (χ3v) is 3.05. The van der Waals surface area contributed by atoms with Crippen LogP contribution in [0.3, 0.4) is 0 Å². The lowest BCUT2D eigenvalue weighted by molar-refractivity contribution is 0.0393. The summed E-state index contributed by atoms with van der Waals surface area (Å²) in [5, 5.41) is 0. The van der Waals surface area contributed by atoms with E-state index in [0.29, 0.717) is 13.2 Å². The van der Waals surface area contributed by atoms with Crippen LogP contribution in [-0.2, 0) is 9.47 Å². The van der Waals surface area contributed by atoms with Crippen molar-refractivity contribution in [2.45, 2.75) is 0 Å². The number of hydrogen-bond acceptors (Lipinski definition) is 5. The number of benzene rings is 1. The summed E-state index contributed by atoms with van der Waals surface area (Å²) in [6, 6.07) is 7.92. The molecule has 0 saturated carbocycles. The number of hydrogen-bond donors (Lipinski definition) is 0. The SMILES string of the molecule is COc1cccc(N2CN(C)C3=C2OCCO3)c1. The van der Waals surface area contributed by atoms with Crippen molar-refractivity contribution in [3.05, 3.63) is 36.0 Å². The molecule has 3 rings (SSSR count). The van der Waals surface area contributed by atoms with E-state index in [1.54, 1.807) is 7.11 Å². The van der Waals surface area contributed by atoms with Gasteiger partial charge in [0.2, 0.25) is 0 Å². The maximum absolute atomic E-state index is 5.71. The molecule has 5 nitrogen and oxygen atoms in total. The molecule has 0 fully saturated rings. The molecule has 5 heteroatoms. The molecule has 96 valence electrons. The molecule has 1 aromatic carbocycles. The smallest absolute Gasteiger partial charge is 0.258 e. The molecular formula is C13H16N2O3. The summed E-state index contributed by atoms with van der Waals surface area (Å²) in [6.07, 6.45) is 0. The first-order valence-electron chi connectivity index (χ1n) is 5.92. The zero-order chi connectivity index (χ0) is 12.5. The second-order valence-electron chi connectivity index (χ2n) is 4.28. The summed E-state index contributed by atoms with van der Waals surface area (Å²) in [5.41, 5.74) is 1.04. The van der Waals surface area contributed by atoms with Gasteiger partial charge < -0.3 is 19.1 Å². The minimum absolute atomic E-state index is 0.590. The third kappa shape index (κ3) is 1.72. The van der Waals surface area contributed by atoms with E-state index in [0.717, 1.165) is 29.9 Å². The summed E-state index contributed by atoms with van der Waals surface area (Å²) < 4.78 is 16.6. The van der Waals surface area contributed by atoms with Crippen LogP contribution in [0.4, 0.5) is 5.69 Å². The summed E-state index contributed by atoms with van der Waals surface area (Å²) >= 11 is 0. The van der Waals surface area contributed by atoms with Gasteiger partial charge in [-0.3, -0.25) is 4.90 Å². The van der Waals surface area contributed by atoms with Gasteiger partial charge in [0.25, 0.3) is 11.8 Å². The van der Waals surface area contributed by atoms with Gasteiger partial charge in [-0.25, -0.2) is 0 Å². The molecule has 18 heavy (non-hydrogen) atoms. The zero-order valence-electron chi connectivity index (χ0n) is 10.5. The van der Waals surface area contributed by atoms with Crippen LogP contribution in [-0.4, -0.2) is 38.9 Å². The van der Waals surface area contributed by atoms with Gasteiger partial charge >= 0.3 is 0 Å². The Balaban J connectivity index is 1.95. The quantitative estimate of drug-likeness (QED) is 0.793. The van der Waals surface area contributed by atoms with E-state index in [1.165, 1.54) is 0 Å². The second-order valence-corrected chi connectivity index (χ2v) is 4.28. The van der Waals surface area contributed by atoms with Gasteiger partial charge in [0, 0.05) is 18.8 Å². The molecule has 0 aliphatic carbocycles. The first-order chi connectivity index (χ1) is 8.79. The molecule has 0 N–H and O–H groups in total. The van der Waals surface area contributed by atoms with Gasteiger partial charge in [0.15, 0.2) is 0 Å². The molecule has 0 amide bonds. The average molecular weight is 248 g/mol. The summed E-state index contributed by atoms with van der Waals surface area (Å²) in [6.45, 7) is 1.92. The van der Waals surface area contributed by atoms with Crippen molar-refractivity contribution in [3.63, 3.8) is 0 Å². The molecule has 0 bridgehead atoms. The van der Waals surface area contributed by atoms with E-state index in [-0.39, 0.29) is 0 Å². The highest BCUT2D eigenvalue weighted by molar-refractivity contribution is 5.56. The Kier molecular flexibility index (Phi) is 2.66. The Morgan fingerprint density at radius 1 is 1.17 bits per heavy atom. The number of nitrogens with zero attached hydrogens (tertiary/aromatic N) is 2. The van der Waals surface area contributed by atoms with Crippen LogP contribution in [0.25, 0.3) is 0 Å². The molecule has 0 unspecified atom stereocenters. The van der Waals surface area contributed by atoms with Gasteiger partial charge in [-0.15, -0.1) is 0 Å². The first-order valence-corrected chi connectivity index (χ1v) is 5.92. The highest BCUT2D eigenvalue weighted by Crippen LogP contribution is 2.33. The van der Waals surface area contributed by atoms with Crippen molar-refractivity contribution >= 4 is 5.69 Å². The number of methoxy groups -OCH3 is 1. The summed E-state index contributed by atoms with van der Waals surface area (Å²) in [5.74, 6) is 2.43. The van der Waals surface area contributed by atoms with Crippen LogP contribution in [0, 0.1) is 0 Å². The standard InChI is InChI=1S/C13H16N2O3/c1-14-9-15(13-12(14)17-6-7-18-13)10-4-3-5-11(8-10)16-2/h3-5,8H,6-7,9H2,1-2H3. The largest absolute Gasteiger partial charge is 0.497 e. The Bertz CT molecular complexity index is 487. The van der Waals surface area contributed by atoms with Crippen molar-refractivity contribution in [1.29, 1.82) is 0 Å². The normalized spacial score (nSPS) is 18.3. The fourth-order valence-electron chi connectivity index (χ4n) is 2.18. The van der Waals surface area contributed by atoms with Gasteiger partial charge in [-0.05, 0) is 12.1 Å². The van der Waals surface area contributed by atoms with Gasteiger partial charge in [-0.1, -0.05) is 6.07 Å². The molecule has 0 atom stereocenters. The van der Waals surface area contributed by atoms with Crippen molar-refractivity contribution < 1.29 is 14.2 Å². The molecule has 0 spiro atoms. The Hall–Kier alpha value is -2.04. The molecular weight excluding hydrogens is 232 g/mol. The van der Waals surface area contributed by atoms with Crippen molar-refractivity contribution in [2.75, 3.05) is 38.9 Å². The number of ether oxygens (including phenoxy) is 3. The summed E-state index contributed by atoms with van der Waals surface area (Å²) in [7, 11) is 3.66. The highest BCUT2D eigenvalue weighted by atomic mass is 16.6. The van der Waals surface area contributed by atoms with E-state index in [2.05, 4.69) is 4.90 Å². The van der Waals surface area contributed by atoms with Crippen LogP contribution < -0.4 is 9.64 Å². The van der Waals surface area contributed by atoms with Crippen LogP contribution in [0.2, 0.25) is 0 Å². The molecule has 2 heterocycles. The predicted octanol–water partition coefficient (Wildman–Crippen LogP) is 1.58. The van der Waals surface area contributed by atoms with E-state index in [1.807, 2.05) is 36.2 Å². The third-order valence-electron chi connectivity index (χ3n) is 3.05. The lowest BCUT2D eigenvalue weighted by Gasteiger charge is -2.23. The second kappa shape index (κ2) is 4.33. The van der Waals surface area contributed by atoms with Crippen LogP contribution in [0.5, 0.6) is 5.75 Å². The minimum atomic E-state index is 0.590. The molecule has 0 radical (unpaired) electrons. The Morgan fingerprint density at radius 3 is 2.72 bits per heavy atom. The van der Waals surface area contributed by atoms with Gasteiger partial charge in [0.05, 0.1) is 7.11 Å². The zero-order valence-corrected chi connectivity index (χ0v) is 10.5. The molecule has 2 aliphatic heterocycles.